The highest BCUT2D eigenvalue weighted by molar-refractivity contribution is 7.18. The molecule has 1 aromatic carbocycles. The largest absolute Gasteiger partial charge is 0.443 e. The van der Waals surface area contributed by atoms with Crippen molar-refractivity contribution in [3.8, 4) is 0 Å². The van der Waals surface area contributed by atoms with Crippen molar-refractivity contribution >= 4 is 33.1 Å². The zero-order valence-electron chi connectivity index (χ0n) is 11.2. The van der Waals surface area contributed by atoms with Crippen LogP contribution in [0.2, 0.25) is 0 Å². The molecule has 0 saturated carbocycles. The van der Waals surface area contributed by atoms with Gasteiger partial charge in [0.05, 0.1) is 10.2 Å². The summed E-state index contributed by atoms with van der Waals surface area (Å²) in [6.45, 7) is 0. The molecule has 2 aromatic heterocycles. The number of hydrogen-bond acceptors (Lipinski definition) is 4. The number of anilines is 1. The molecule has 0 bridgehead atoms. The van der Waals surface area contributed by atoms with Gasteiger partial charge in [-0.15, -0.1) is 11.3 Å². The predicted octanol–water partition coefficient (Wildman–Crippen LogP) is 4.10. The molecule has 0 atom stereocenters. The van der Waals surface area contributed by atoms with E-state index in [0.717, 1.165) is 6.07 Å². The summed E-state index contributed by atoms with van der Waals surface area (Å²) in [5.41, 5.74) is 0.504. The molecule has 0 aliphatic rings. The lowest BCUT2D eigenvalue weighted by atomic mass is 10.2. The quantitative estimate of drug-likeness (QED) is 0.564. The normalized spacial score (nSPS) is 11.7. The molecule has 1 N–H and O–H groups in total. The third-order valence-corrected chi connectivity index (χ3v) is 3.94. The van der Waals surface area contributed by atoms with Gasteiger partial charge in [0.25, 0.3) is 5.91 Å². The van der Waals surface area contributed by atoms with Gasteiger partial charge in [0, 0.05) is 23.5 Å². The van der Waals surface area contributed by atoms with Crippen molar-refractivity contribution < 1.29 is 22.4 Å². The lowest BCUT2D eigenvalue weighted by Crippen LogP contribution is -2.11. The van der Waals surface area contributed by atoms with E-state index in [1.165, 1.54) is 30.5 Å². The Bertz CT molecular complexity index is 891. The molecule has 23 heavy (non-hydrogen) atoms. The van der Waals surface area contributed by atoms with Crippen molar-refractivity contribution in [2.24, 2.45) is 0 Å². The van der Waals surface area contributed by atoms with E-state index in [1.54, 1.807) is 0 Å². The Hall–Kier alpha value is -2.55. The lowest BCUT2D eigenvalue weighted by molar-refractivity contribution is -0.137. The van der Waals surface area contributed by atoms with Gasteiger partial charge in [-0.05, 0) is 24.3 Å². The fourth-order valence-electron chi connectivity index (χ4n) is 1.87. The first kappa shape index (κ1) is 15.3. The summed E-state index contributed by atoms with van der Waals surface area (Å²) in [5, 5.41) is 1.47. The first-order valence-corrected chi connectivity index (χ1v) is 7.05. The highest BCUT2D eigenvalue weighted by Crippen LogP contribution is 2.35. The van der Waals surface area contributed by atoms with Gasteiger partial charge in [-0.2, -0.15) is 17.6 Å². The summed E-state index contributed by atoms with van der Waals surface area (Å²) in [4.78, 5) is 18.9. The van der Waals surface area contributed by atoms with E-state index in [1.807, 2.05) is 0 Å². The SMILES string of the molecule is O=C(Nc1ccnc(F)c1)c1ccc2nc(C(F)(F)F)sc2c1. The zero-order chi connectivity index (χ0) is 16.6. The Morgan fingerprint density at radius 2 is 1.96 bits per heavy atom. The van der Waals surface area contributed by atoms with Gasteiger partial charge in [0.1, 0.15) is 0 Å². The standard InChI is InChI=1S/C14H7F4N3OS/c15-11-6-8(3-4-19-11)20-12(22)7-1-2-9-10(5-7)23-13(21-9)14(16,17)18/h1-6H,(H,19,20,22). The number of aromatic nitrogens is 2. The number of carbonyl (C=O) groups is 1. The molecule has 0 aliphatic heterocycles. The van der Waals surface area contributed by atoms with E-state index >= 15 is 0 Å². The van der Waals surface area contributed by atoms with Crippen molar-refractivity contribution in [1.29, 1.82) is 0 Å². The van der Waals surface area contributed by atoms with Crippen LogP contribution < -0.4 is 5.32 Å². The van der Waals surface area contributed by atoms with Gasteiger partial charge in [-0.3, -0.25) is 4.79 Å². The molecule has 3 aromatic rings. The molecule has 118 valence electrons. The minimum absolute atomic E-state index is 0.145. The molecule has 0 radical (unpaired) electrons. The molecular weight excluding hydrogens is 334 g/mol. The van der Waals surface area contributed by atoms with Crippen LogP contribution in [0.5, 0.6) is 0 Å². The Kier molecular flexibility index (Phi) is 3.72. The number of halogens is 4. The van der Waals surface area contributed by atoms with E-state index in [0.29, 0.717) is 11.3 Å². The highest BCUT2D eigenvalue weighted by Gasteiger charge is 2.34. The average Bonchev–Trinajstić information content (AvgIpc) is 2.90. The number of nitrogens with zero attached hydrogens (tertiary/aromatic N) is 2. The maximum absolute atomic E-state index is 13.0. The third-order valence-electron chi connectivity index (χ3n) is 2.88. The molecular formula is C14H7F4N3OS. The Morgan fingerprint density at radius 3 is 2.65 bits per heavy atom. The minimum Gasteiger partial charge on any atom is -0.322 e. The fraction of sp³-hybridized carbons (Fsp3) is 0.0714. The van der Waals surface area contributed by atoms with Crippen LogP contribution in [-0.4, -0.2) is 15.9 Å². The second kappa shape index (κ2) is 5.58. The Morgan fingerprint density at radius 1 is 1.17 bits per heavy atom. The first-order valence-electron chi connectivity index (χ1n) is 6.23. The fourth-order valence-corrected chi connectivity index (χ4v) is 2.74. The van der Waals surface area contributed by atoms with Crippen molar-refractivity contribution in [2.75, 3.05) is 5.32 Å². The average molecular weight is 341 g/mol. The lowest BCUT2D eigenvalue weighted by Gasteiger charge is -2.04. The summed E-state index contributed by atoms with van der Waals surface area (Å²) in [7, 11) is 0. The van der Waals surface area contributed by atoms with E-state index in [4.69, 9.17) is 0 Å². The van der Waals surface area contributed by atoms with Gasteiger partial charge >= 0.3 is 6.18 Å². The molecule has 0 spiro atoms. The maximum atomic E-state index is 13.0. The number of carbonyl (C=O) groups excluding carboxylic acids is 1. The summed E-state index contributed by atoms with van der Waals surface area (Å²) >= 11 is 0.458. The molecule has 0 unspecified atom stereocenters. The van der Waals surface area contributed by atoms with E-state index in [2.05, 4.69) is 15.3 Å². The molecule has 0 aliphatic carbocycles. The van der Waals surface area contributed by atoms with Crippen LogP contribution in [-0.2, 0) is 6.18 Å². The predicted molar refractivity (Wildman–Crippen MR) is 76.8 cm³/mol. The maximum Gasteiger partial charge on any atom is 0.443 e. The van der Waals surface area contributed by atoms with Crippen LogP contribution in [0.1, 0.15) is 15.4 Å². The van der Waals surface area contributed by atoms with Crippen molar-refractivity contribution in [2.45, 2.75) is 6.18 Å². The van der Waals surface area contributed by atoms with Crippen LogP contribution in [0, 0.1) is 5.95 Å². The summed E-state index contributed by atoms with van der Waals surface area (Å²) in [5.74, 6) is -1.32. The van der Waals surface area contributed by atoms with E-state index < -0.39 is 23.0 Å². The number of alkyl halides is 3. The van der Waals surface area contributed by atoms with Crippen molar-refractivity contribution in [1.82, 2.24) is 9.97 Å². The minimum atomic E-state index is -4.53. The van der Waals surface area contributed by atoms with Crippen LogP contribution in [0.3, 0.4) is 0 Å². The third kappa shape index (κ3) is 3.29. The van der Waals surface area contributed by atoms with Gasteiger partial charge in [-0.1, -0.05) is 0 Å². The van der Waals surface area contributed by atoms with Crippen LogP contribution >= 0.6 is 11.3 Å². The summed E-state index contributed by atoms with van der Waals surface area (Å²) in [6, 6.07) is 6.44. The van der Waals surface area contributed by atoms with E-state index in [9.17, 15) is 22.4 Å². The van der Waals surface area contributed by atoms with Gasteiger partial charge < -0.3 is 5.32 Å². The number of hydrogen-bond donors (Lipinski definition) is 1. The van der Waals surface area contributed by atoms with Gasteiger partial charge in [0.15, 0.2) is 5.01 Å². The monoisotopic (exact) mass is 341 g/mol. The van der Waals surface area contributed by atoms with Crippen LogP contribution in [0.4, 0.5) is 23.2 Å². The molecule has 3 rings (SSSR count). The molecule has 0 saturated heterocycles. The number of amides is 1. The molecule has 0 fully saturated rings. The second-order valence-corrected chi connectivity index (χ2v) is 5.55. The number of benzene rings is 1. The number of fused-ring (bicyclic) bond motifs is 1. The number of thiazole rings is 1. The molecule has 4 nitrogen and oxygen atoms in total. The first-order chi connectivity index (χ1) is 10.8. The van der Waals surface area contributed by atoms with Crippen LogP contribution in [0.25, 0.3) is 10.2 Å². The second-order valence-electron chi connectivity index (χ2n) is 4.52. The molecule has 2 heterocycles. The summed E-state index contributed by atoms with van der Waals surface area (Å²) < 4.78 is 51.1. The molecule has 9 heteroatoms. The Labute approximate surface area is 130 Å². The van der Waals surface area contributed by atoms with E-state index in [-0.39, 0.29) is 21.5 Å². The smallest absolute Gasteiger partial charge is 0.322 e. The van der Waals surface area contributed by atoms with Crippen molar-refractivity contribution in [3.05, 3.63) is 53.0 Å². The number of pyridine rings is 1. The topological polar surface area (TPSA) is 54.9 Å². The summed E-state index contributed by atoms with van der Waals surface area (Å²) in [6.07, 6.45) is -3.34. The van der Waals surface area contributed by atoms with Crippen LogP contribution in [0.15, 0.2) is 36.5 Å². The van der Waals surface area contributed by atoms with Crippen molar-refractivity contribution in [3.63, 3.8) is 0 Å². The Balaban J connectivity index is 1.89. The number of nitrogens with one attached hydrogen (secondary N) is 1. The zero-order valence-corrected chi connectivity index (χ0v) is 12.0. The van der Waals surface area contributed by atoms with Gasteiger partial charge in [0.2, 0.25) is 5.95 Å². The van der Waals surface area contributed by atoms with Gasteiger partial charge in [-0.25, -0.2) is 9.97 Å². The highest BCUT2D eigenvalue weighted by atomic mass is 32.1. The number of rotatable bonds is 2. The molecule has 1 amide bonds.